The number of aliphatic hydroxyl groups excluding tert-OH is 2. The fourth-order valence-corrected chi connectivity index (χ4v) is 3.73. The zero-order chi connectivity index (χ0) is 29.4. The van der Waals surface area contributed by atoms with Crippen LogP contribution in [-0.4, -0.2) is 87.0 Å². The van der Waals surface area contributed by atoms with Crippen LogP contribution in [0.5, 0.6) is 0 Å². The fourth-order valence-electron chi connectivity index (χ4n) is 2.91. The van der Waals surface area contributed by atoms with Gasteiger partial charge >= 0.3 is 11.9 Å². The summed E-state index contributed by atoms with van der Waals surface area (Å²) in [7, 11) is -4.62. The number of rotatable bonds is 19. The van der Waals surface area contributed by atoms with Crippen LogP contribution in [-0.2, 0) is 38.4 Å². The fraction of sp³-hybridized carbons (Fsp3) is 0.417. The summed E-state index contributed by atoms with van der Waals surface area (Å²) in [6, 6.07) is 10.2. The summed E-state index contributed by atoms with van der Waals surface area (Å²) in [6.07, 6.45) is -0.915. The first-order valence-electron chi connectivity index (χ1n) is 11.7. The third kappa shape index (κ3) is 13.1. The first-order valence-corrected chi connectivity index (χ1v) is 13.9. The Morgan fingerprint density at radius 3 is 1.65 bits per heavy atom. The van der Waals surface area contributed by atoms with Crippen LogP contribution in [0.25, 0.3) is 0 Å². The number of aliphatic hydroxyl groups is 2. The molecule has 0 saturated heterocycles. The Hall–Kier alpha value is -2.64. The van der Waals surface area contributed by atoms with Gasteiger partial charge in [-0.05, 0) is 61.4 Å². The lowest BCUT2D eigenvalue weighted by Crippen LogP contribution is -2.24. The second-order valence-corrected chi connectivity index (χ2v) is 10.2. The van der Waals surface area contributed by atoms with E-state index in [0.29, 0.717) is 43.0 Å². The molecule has 0 amide bonds. The molecule has 0 spiro atoms. The van der Waals surface area contributed by atoms with E-state index in [9.17, 15) is 38.0 Å². The minimum absolute atomic E-state index is 0.0223. The molecular formula is C24H28O14S2-2. The van der Waals surface area contributed by atoms with Crippen molar-refractivity contribution in [2.24, 2.45) is 0 Å². The summed E-state index contributed by atoms with van der Waals surface area (Å²) < 4.78 is 57.5. The van der Waals surface area contributed by atoms with E-state index in [2.05, 4.69) is 9.37 Å². The van der Waals surface area contributed by atoms with Crippen molar-refractivity contribution in [3.63, 3.8) is 0 Å². The molecule has 222 valence electrons. The minimum atomic E-state index is -4.62. The molecule has 14 nitrogen and oxygen atoms in total. The van der Waals surface area contributed by atoms with Crippen LogP contribution in [0, 0.1) is 0 Å². The highest BCUT2D eigenvalue weighted by atomic mass is 32.2. The predicted molar refractivity (Wildman–Crippen MR) is 132 cm³/mol. The number of carbonyl (C=O) groups is 2. The Kier molecular flexibility index (Phi) is 15.0. The van der Waals surface area contributed by atoms with Gasteiger partial charge in [0.1, 0.15) is 35.5 Å². The molecule has 40 heavy (non-hydrogen) atoms. The third-order valence-electron chi connectivity index (χ3n) is 4.89. The highest BCUT2D eigenvalue weighted by molar-refractivity contribution is 7.94. The van der Waals surface area contributed by atoms with Crippen LogP contribution >= 0.6 is 12.0 Å². The van der Waals surface area contributed by atoms with Gasteiger partial charge in [-0.2, -0.15) is 4.33 Å². The van der Waals surface area contributed by atoms with Gasteiger partial charge in [-0.1, -0.05) is 0 Å². The lowest BCUT2D eigenvalue weighted by molar-refractivity contribution is -0.777. The molecule has 0 aliphatic heterocycles. The molecule has 2 atom stereocenters. The Morgan fingerprint density at radius 1 is 0.775 bits per heavy atom. The maximum absolute atomic E-state index is 12.0. The van der Waals surface area contributed by atoms with Crippen LogP contribution < -0.4 is 5.26 Å². The van der Waals surface area contributed by atoms with Gasteiger partial charge in [0.25, 0.3) is 0 Å². The Balaban J connectivity index is 1.48. The maximum atomic E-state index is 12.0. The Labute approximate surface area is 234 Å². The average Bonchev–Trinajstić information content (AvgIpc) is 2.94. The molecule has 0 aliphatic carbocycles. The van der Waals surface area contributed by atoms with E-state index in [1.165, 1.54) is 24.3 Å². The topological polar surface area (TPSA) is 210 Å². The molecular weight excluding hydrogens is 576 g/mol. The van der Waals surface area contributed by atoms with Gasteiger partial charge in [0, 0.05) is 18.1 Å². The van der Waals surface area contributed by atoms with E-state index < -0.39 is 39.2 Å². The van der Waals surface area contributed by atoms with E-state index in [0.717, 1.165) is 24.3 Å². The lowest BCUT2D eigenvalue weighted by Gasteiger charge is -2.13. The Bertz CT molecular complexity index is 1140. The van der Waals surface area contributed by atoms with Crippen molar-refractivity contribution >= 4 is 34.1 Å². The van der Waals surface area contributed by atoms with E-state index >= 15 is 0 Å². The van der Waals surface area contributed by atoms with Gasteiger partial charge in [0.05, 0.1) is 41.3 Å². The van der Waals surface area contributed by atoms with Crippen LogP contribution in [0.4, 0.5) is 0 Å². The van der Waals surface area contributed by atoms with Crippen LogP contribution in [0.3, 0.4) is 0 Å². The van der Waals surface area contributed by atoms with Gasteiger partial charge in [-0.15, -0.1) is 0 Å². The van der Waals surface area contributed by atoms with Gasteiger partial charge in [-0.25, -0.2) is 18.0 Å². The average molecular weight is 605 g/mol. The summed E-state index contributed by atoms with van der Waals surface area (Å²) >= 11 is 0.682. The van der Waals surface area contributed by atoms with E-state index in [1.54, 1.807) is 0 Å². The SMILES string of the molecule is O=C(OCC(O)COCCCCOCC(O)COC(=O)c1ccc(S(=O)(=O)[O-])cc1)c1ccc(SOO[O-])cc1. The number of ether oxygens (including phenoxy) is 4. The second kappa shape index (κ2) is 17.9. The quantitative estimate of drug-likeness (QED) is 0.0554. The third-order valence-corrected chi connectivity index (χ3v) is 6.33. The number of esters is 2. The highest BCUT2D eigenvalue weighted by Crippen LogP contribution is 2.19. The summed E-state index contributed by atoms with van der Waals surface area (Å²) in [5.74, 6) is -1.44. The molecule has 0 fully saturated rings. The van der Waals surface area contributed by atoms with Crippen molar-refractivity contribution in [2.45, 2.75) is 34.8 Å². The largest absolute Gasteiger partial charge is 0.744 e. The van der Waals surface area contributed by atoms with Crippen LogP contribution in [0.15, 0.2) is 58.3 Å². The molecule has 16 heteroatoms. The molecule has 0 saturated carbocycles. The number of unbranched alkanes of at least 4 members (excludes halogenated alkanes) is 1. The van der Waals surface area contributed by atoms with Crippen molar-refractivity contribution in [1.82, 2.24) is 0 Å². The molecule has 2 unspecified atom stereocenters. The van der Waals surface area contributed by atoms with Crippen molar-refractivity contribution < 1.29 is 66.3 Å². The van der Waals surface area contributed by atoms with Gasteiger partial charge < -0.3 is 39.0 Å². The maximum Gasteiger partial charge on any atom is 0.338 e. The van der Waals surface area contributed by atoms with E-state index in [1.807, 2.05) is 0 Å². The van der Waals surface area contributed by atoms with Crippen LogP contribution in [0.2, 0.25) is 0 Å². The molecule has 2 rings (SSSR count). The minimum Gasteiger partial charge on any atom is -0.744 e. The molecule has 0 radical (unpaired) electrons. The monoisotopic (exact) mass is 604 g/mol. The van der Waals surface area contributed by atoms with Crippen LogP contribution in [0.1, 0.15) is 33.6 Å². The molecule has 0 bridgehead atoms. The van der Waals surface area contributed by atoms with Gasteiger partial charge in [0.2, 0.25) is 0 Å². The first-order chi connectivity index (χ1) is 19.1. The molecule has 2 aromatic rings. The smallest absolute Gasteiger partial charge is 0.338 e. The summed E-state index contributed by atoms with van der Waals surface area (Å²) in [4.78, 5) is 24.0. The summed E-state index contributed by atoms with van der Waals surface area (Å²) in [5.41, 5.74) is 0.267. The molecule has 0 heterocycles. The van der Waals surface area contributed by atoms with Gasteiger partial charge in [-0.3, -0.25) is 5.04 Å². The first kappa shape index (κ1) is 33.6. The Morgan fingerprint density at radius 2 is 1.23 bits per heavy atom. The standard InChI is InChI=1S/C24H30O14S2/c25-19(15-35-23(27)17-3-7-21(8-4-17)39-38-37-29)13-33-11-1-2-12-34-14-20(26)16-36-24(28)18-5-9-22(10-6-18)40(30,31)32/h3-10,19-20,25-26,29H,1-2,11-16H2,(H,30,31,32)/p-2. The van der Waals surface area contributed by atoms with Crippen molar-refractivity contribution in [3.05, 3.63) is 59.7 Å². The summed E-state index contributed by atoms with van der Waals surface area (Å²) in [5, 5.41) is 32.8. The zero-order valence-electron chi connectivity index (χ0n) is 21.0. The second-order valence-electron chi connectivity index (χ2n) is 8.08. The molecule has 2 aromatic carbocycles. The zero-order valence-corrected chi connectivity index (χ0v) is 22.7. The number of benzene rings is 2. The van der Waals surface area contributed by atoms with Gasteiger partial charge in [0.15, 0.2) is 0 Å². The number of hydrogen-bond acceptors (Lipinski definition) is 15. The van der Waals surface area contributed by atoms with Crippen molar-refractivity contribution in [2.75, 3.05) is 39.6 Å². The van der Waals surface area contributed by atoms with E-state index in [-0.39, 0.29) is 37.6 Å². The van der Waals surface area contributed by atoms with E-state index in [4.69, 9.17) is 18.9 Å². The summed E-state index contributed by atoms with van der Waals surface area (Å²) in [6.45, 7) is -0.127. The van der Waals surface area contributed by atoms with Crippen molar-refractivity contribution in [1.29, 1.82) is 0 Å². The number of hydrogen-bond donors (Lipinski definition) is 2. The molecule has 0 aliphatic rings. The lowest BCUT2D eigenvalue weighted by atomic mass is 10.2. The molecule has 2 N–H and O–H groups in total. The normalized spacial score (nSPS) is 13.0. The predicted octanol–water partition coefficient (Wildman–Crippen LogP) is 0.370. The van der Waals surface area contributed by atoms with Crippen molar-refractivity contribution in [3.8, 4) is 0 Å². The molecule has 0 aromatic heterocycles. The highest BCUT2D eigenvalue weighted by Gasteiger charge is 2.13. The number of carbonyl (C=O) groups excluding carboxylic acids is 2.